The predicted octanol–water partition coefficient (Wildman–Crippen LogP) is 2.70. The van der Waals surface area contributed by atoms with E-state index in [1.54, 1.807) is 24.3 Å². The summed E-state index contributed by atoms with van der Waals surface area (Å²) in [5.41, 5.74) is 0.511. The summed E-state index contributed by atoms with van der Waals surface area (Å²) in [7, 11) is 4.45. The first-order valence-electron chi connectivity index (χ1n) is 7.34. The highest BCUT2D eigenvalue weighted by atomic mass is 16.5. The van der Waals surface area contributed by atoms with E-state index in [0.717, 1.165) is 0 Å². The van der Waals surface area contributed by atoms with Gasteiger partial charge in [0.2, 0.25) is 11.7 Å². The summed E-state index contributed by atoms with van der Waals surface area (Å²) >= 11 is 0. The van der Waals surface area contributed by atoms with E-state index >= 15 is 0 Å². The van der Waals surface area contributed by atoms with Crippen LogP contribution in [0.25, 0.3) is 6.08 Å². The van der Waals surface area contributed by atoms with Gasteiger partial charge in [-0.2, -0.15) is 5.26 Å². The summed E-state index contributed by atoms with van der Waals surface area (Å²) < 4.78 is 20.9. The Labute approximate surface area is 145 Å². The van der Waals surface area contributed by atoms with Crippen LogP contribution in [0.3, 0.4) is 0 Å². The van der Waals surface area contributed by atoms with Crippen molar-refractivity contribution < 1.29 is 23.4 Å². The van der Waals surface area contributed by atoms with Gasteiger partial charge in [-0.3, -0.25) is 4.79 Å². The molecule has 0 radical (unpaired) electrons. The van der Waals surface area contributed by atoms with Gasteiger partial charge >= 0.3 is 0 Å². The molecule has 0 spiro atoms. The molecule has 7 nitrogen and oxygen atoms in total. The molecule has 0 aliphatic rings. The Morgan fingerprint density at radius 1 is 1.24 bits per heavy atom. The maximum absolute atomic E-state index is 12.0. The number of furan rings is 1. The molecule has 1 heterocycles. The molecule has 1 aromatic carbocycles. The smallest absolute Gasteiger partial charge is 0.245 e. The van der Waals surface area contributed by atoms with Crippen LogP contribution in [0.1, 0.15) is 17.4 Å². The molecule has 0 bridgehead atoms. The molecule has 0 fully saturated rings. The molecule has 0 saturated carbocycles. The number of carbonyl (C=O) groups is 1. The molecule has 1 unspecified atom stereocenters. The van der Waals surface area contributed by atoms with Crippen molar-refractivity contribution in [3.63, 3.8) is 0 Å². The van der Waals surface area contributed by atoms with Crippen LogP contribution in [0.15, 0.2) is 41.0 Å². The molecule has 0 saturated heterocycles. The third-order valence-corrected chi connectivity index (χ3v) is 3.38. The Hall–Kier alpha value is -3.40. The zero-order chi connectivity index (χ0) is 18.2. The molecule has 0 aliphatic heterocycles. The number of nitrogens with one attached hydrogen (secondary N) is 1. The van der Waals surface area contributed by atoms with Crippen molar-refractivity contribution in [2.24, 2.45) is 0 Å². The number of benzene rings is 1. The Morgan fingerprint density at radius 3 is 2.40 bits per heavy atom. The topological polar surface area (TPSA) is 93.7 Å². The molecular formula is C18H18N2O5. The molecule has 0 aliphatic carbocycles. The van der Waals surface area contributed by atoms with Crippen molar-refractivity contribution in [1.82, 2.24) is 5.32 Å². The first-order chi connectivity index (χ1) is 12.1. The van der Waals surface area contributed by atoms with Crippen molar-refractivity contribution >= 4 is 12.0 Å². The lowest BCUT2D eigenvalue weighted by molar-refractivity contribution is -0.116. The number of nitriles is 1. The van der Waals surface area contributed by atoms with Gasteiger partial charge in [0.05, 0.1) is 33.7 Å². The average molecular weight is 342 g/mol. The molecule has 1 N–H and O–H groups in total. The number of rotatable bonds is 7. The van der Waals surface area contributed by atoms with Gasteiger partial charge in [-0.25, -0.2) is 0 Å². The van der Waals surface area contributed by atoms with Gasteiger partial charge in [-0.15, -0.1) is 0 Å². The molecule has 1 aromatic heterocycles. The standard InChI is InChI=1S/C18H18N2O5/c1-22-15-9-12(10-16(23-2)18(15)24-3)14(11-19)20-17(21)7-6-13-5-4-8-25-13/h4-10,14H,1-3H3,(H,20,21). The fourth-order valence-corrected chi connectivity index (χ4v) is 2.19. The van der Waals surface area contributed by atoms with Crippen LogP contribution in [-0.4, -0.2) is 27.2 Å². The van der Waals surface area contributed by atoms with Gasteiger partial charge in [0.25, 0.3) is 0 Å². The van der Waals surface area contributed by atoms with Gasteiger partial charge < -0.3 is 23.9 Å². The van der Waals surface area contributed by atoms with E-state index in [2.05, 4.69) is 5.32 Å². The summed E-state index contributed by atoms with van der Waals surface area (Å²) in [5, 5.41) is 12.0. The second kappa shape index (κ2) is 8.45. The second-order valence-corrected chi connectivity index (χ2v) is 4.88. The molecular weight excluding hydrogens is 324 g/mol. The lowest BCUT2D eigenvalue weighted by atomic mass is 10.1. The first-order valence-corrected chi connectivity index (χ1v) is 7.34. The van der Waals surface area contributed by atoms with Crippen LogP contribution in [0.4, 0.5) is 0 Å². The third-order valence-electron chi connectivity index (χ3n) is 3.38. The fourth-order valence-electron chi connectivity index (χ4n) is 2.19. The number of amides is 1. The van der Waals surface area contributed by atoms with Crippen molar-refractivity contribution in [1.29, 1.82) is 5.26 Å². The van der Waals surface area contributed by atoms with E-state index in [1.807, 2.05) is 6.07 Å². The molecule has 1 atom stereocenters. The van der Waals surface area contributed by atoms with Crippen LogP contribution < -0.4 is 19.5 Å². The number of ether oxygens (including phenoxy) is 3. The summed E-state index contributed by atoms with van der Waals surface area (Å²) in [6.07, 6.45) is 4.31. The van der Waals surface area contributed by atoms with E-state index in [4.69, 9.17) is 18.6 Å². The minimum Gasteiger partial charge on any atom is -0.493 e. The first kappa shape index (κ1) is 17.9. The monoisotopic (exact) mass is 342 g/mol. The van der Waals surface area contributed by atoms with E-state index in [1.165, 1.54) is 39.7 Å². The molecule has 2 rings (SSSR count). The summed E-state index contributed by atoms with van der Waals surface area (Å²) in [6, 6.07) is 7.82. The number of carbonyl (C=O) groups excluding carboxylic acids is 1. The molecule has 25 heavy (non-hydrogen) atoms. The highest BCUT2D eigenvalue weighted by Crippen LogP contribution is 2.39. The van der Waals surface area contributed by atoms with E-state index in [-0.39, 0.29) is 0 Å². The van der Waals surface area contributed by atoms with Crippen molar-refractivity contribution in [2.75, 3.05) is 21.3 Å². The van der Waals surface area contributed by atoms with Crippen molar-refractivity contribution in [2.45, 2.75) is 6.04 Å². The zero-order valence-corrected chi connectivity index (χ0v) is 14.1. The fraction of sp³-hybridized carbons (Fsp3) is 0.222. The van der Waals surface area contributed by atoms with E-state index in [9.17, 15) is 10.1 Å². The maximum Gasteiger partial charge on any atom is 0.245 e. The minimum atomic E-state index is -0.887. The lowest BCUT2D eigenvalue weighted by Gasteiger charge is -2.16. The number of nitrogens with zero attached hydrogens (tertiary/aromatic N) is 1. The normalized spacial score (nSPS) is 11.6. The van der Waals surface area contributed by atoms with Crippen LogP contribution in [0.5, 0.6) is 17.2 Å². The van der Waals surface area contributed by atoms with Crippen LogP contribution in [-0.2, 0) is 4.79 Å². The summed E-state index contributed by atoms with van der Waals surface area (Å²) in [6.45, 7) is 0. The van der Waals surface area contributed by atoms with Crippen LogP contribution >= 0.6 is 0 Å². The lowest BCUT2D eigenvalue weighted by Crippen LogP contribution is -2.25. The highest BCUT2D eigenvalue weighted by Gasteiger charge is 2.19. The summed E-state index contributed by atoms with van der Waals surface area (Å²) in [4.78, 5) is 12.0. The largest absolute Gasteiger partial charge is 0.493 e. The van der Waals surface area contributed by atoms with Crippen molar-refractivity contribution in [3.8, 4) is 23.3 Å². The van der Waals surface area contributed by atoms with Gasteiger partial charge in [-0.1, -0.05) is 0 Å². The Bertz CT molecular complexity index is 765. The SMILES string of the molecule is COc1cc(C(C#N)NC(=O)C=Cc2ccco2)cc(OC)c1OC. The number of methoxy groups -OCH3 is 3. The second-order valence-electron chi connectivity index (χ2n) is 4.88. The van der Waals surface area contributed by atoms with Crippen LogP contribution in [0, 0.1) is 11.3 Å². The molecule has 130 valence electrons. The Balaban J connectivity index is 2.22. The quantitative estimate of drug-likeness (QED) is 0.778. The molecule has 2 aromatic rings. The van der Waals surface area contributed by atoms with Gasteiger partial charge in [-0.05, 0) is 35.9 Å². The number of hydrogen-bond donors (Lipinski definition) is 1. The van der Waals surface area contributed by atoms with Gasteiger partial charge in [0.1, 0.15) is 11.8 Å². The zero-order valence-electron chi connectivity index (χ0n) is 14.1. The van der Waals surface area contributed by atoms with Gasteiger partial charge in [0, 0.05) is 6.08 Å². The number of hydrogen-bond acceptors (Lipinski definition) is 6. The molecule has 7 heteroatoms. The van der Waals surface area contributed by atoms with Crippen LogP contribution in [0.2, 0.25) is 0 Å². The minimum absolute atomic E-state index is 0.400. The Kier molecular flexibility index (Phi) is 6.07. The molecule has 1 amide bonds. The third kappa shape index (κ3) is 4.32. The van der Waals surface area contributed by atoms with E-state index < -0.39 is 11.9 Å². The predicted molar refractivity (Wildman–Crippen MR) is 90.3 cm³/mol. The van der Waals surface area contributed by atoms with E-state index in [0.29, 0.717) is 28.6 Å². The van der Waals surface area contributed by atoms with Gasteiger partial charge in [0.15, 0.2) is 11.5 Å². The average Bonchev–Trinajstić information content (AvgIpc) is 3.16. The summed E-state index contributed by atoms with van der Waals surface area (Å²) in [5.74, 6) is 1.32. The highest BCUT2D eigenvalue weighted by molar-refractivity contribution is 5.91. The Morgan fingerprint density at radius 2 is 1.92 bits per heavy atom. The van der Waals surface area contributed by atoms with Crippen molar-refractivity contribution in [3.05, 3.63) is 47.9 Å². The maximum atomic E-state index is 12.0.